The lowest BCUT2D eigenvalue weighted by Crippen LogP contribution is -2.53. The standard InChI is InChI=1S/C10H17ClN2O/c1-8-5-13(6-9(11)4-12)7-10(2,3)14-8/h8-9H,5-7H2,1-3H3. The number of nitrogens with zero attached hydrogens (tertiary/aromatic N) is 2. The molecule has 1 aliphatic heterocycles. The topological polar surface area (TPSA) is 36.3 Å². The van der Waals surface area contributed by atoms with Gasteiger partial charge >= 0.3 is 0 Å². The largest absolute Gasteiger partial charge is 0.370 e. The van der Waals surface area contributed by atoms with Crippen molar-refractivity contribution < 1.29 is 4.74 Å². The Morgan fingerprint density at radius 1 is 1.71 bits per heavy atom. The van der Waals surface area contributed by atoms with Crippen LogP contribution in [0.5, 0.6) is 0 Å². The first-order valence-corrected chi connectivity index (χ1v) is 5.30. The highest BCUT2D eigenvalue weighted by Crippen LogP contribution is 2.21. The summed E-state index contributed by atoms with van der Waals surface area (Å²) >= 11 is 5.80. The molecule has 14 heavy (non-hydrogen) atoms. The van der Waals surface area contributed by atoms with E-state index < -0.39 is 5.38 Å². The molecule has 0 amide bonds. The van der Waals surface area contributed by atoms with Crippen molar-refractivity contribution in [1.82, 2.24) is 4.90 Å². The van der Waals surface area contributed by atoms with Crippen LogP contribution < -0.4 is 0 Å². The first-order valence-electron chi connectivity index (χ1n) is 4.87. The Hall–Kier alpha value is -0.300. The Balaban J connectivity index is 2.51. The lowest BCUT2D eigenvalue weighted by molar-refractivity contribution is -0.128. The molecule has 1 saturated heterocycles. The van der Waals surface area contributed by atoms with Gasteiger partial charge in [0.05, 0.1) is 17.8 Å². The van der Waals surface area contributed by atoms with E-state index in [-0.39, 0.29) is 11.7 Å². The molecule has 0 aromatic carbocycles. The van der Waals surface area contributed by atoms with E-state index in [1.165, 1.54) is 0 Å². The van der Waals surface area contributed by atoms with Crippen molar-refractivity contribution in [2.24, 2.45) is 0 Å². The number of hydrogen-bond acceptors (Lipinski definition) is 3. The number of alkyl halides is 1. The fraction of sp³-hybridized carbons (Fsp3) is 0.900. The van der Waals surface area contributed by atoms with Crippen molar-refractivity contribution in [3.63, 3.8) is 0 Å². The lowest BCUT2D eigenvalue weighted by atomic mass is 10.1. The lowest BCUT2D eigenvalue weighted by Gasteiger charge is -2.41. The van der Waals surface area contributed by atoms with Crippen LogP contribution in [0, 0.1) is 11.3 Å². The van der Waals surface area contributed by atoms with Crippen molar-refractivity contribution in [1.29, 1.82) is 5.26 Å². The average Bonchev–Trinajstić information content (AvgIpc) is 1.99. The molecule has 0 aliphatic carbocycles. The maximum atomic E-state index is 8.62. The molecule has 0 bridgehead atoms. The Bertz CT molecular complexity index is 237. The smallest absolute Gasteiger partial charge is 0.133 e. The Morgan fingerprint density at radius 3 is 2.86 bits per heavy atom. The van der Waals surface area contributed by atoms with E-state index in [0.29, 0.717) is 6.54 Å². The third kappa shape index (κ3) is 3.45. The van der Waals surface area contributed by atoms with Crippen LogP contribution in [0.2, 0.25) is 0 Å². The molecule has 80 valence electrons. The van der Waals surface area contributed by atoms with Gasteiger partial charge in [-0.05, 0) is 20.8 Å². The number of rotatable bonds is 2. The van der Waals surface area contributed by atoms with Crippen molar-refractivity contribution in [3.8, 4) is 6.07 Å². The van der Waals surface area contributed by atoms with E-state index in [1.54, 1.807) is 0 Å². The van der Waals surface area contributed by atoms with Crippen molar-refractivity contribution >= 4 is 11.6 Å². The highest BCUT2D eigenvalue weighted by atomic mass is 35.5. The molecule has 0 N–H and O–H groups in total. The van der Waals surface area contributed by atoms with Gasteiger partial charge in [-0.1, -0.05) is 0 Å². The minimum atomic E-state index is -0.420. The molecular formula is C10H17ClN2O. The summed E-state index contributed by atoms with van der Waals surface area (Å²) in [5.74, 6) is 0. The molecule has 0 aromatic rings. The Morgan fingerprint density at radius 2 is 2.36 bits per heavy atom. The molecule has 1 aliphatic rings. The van der Waals surface area contributed by atoms with Crippen LogP contribution in [0.25, 0.3) is 0 Å². The van der Waals surface area contributed by atoms with Gasteiger partial charge in [0.25, 0.3) is 0 Å². The minimum Gasteiger partial charge on any atom is -0.370 e. The maximum Gasteiger partial charge on any atom is 0.133 e. The number of morpholine rings is 1. The van der Waals surface area contributed by atoms with Crippen molar-refractivity contribution in [2.75, 3.05) is 19.6 Å². The van der Waals surface area contributed by atoms with Crippen LogP contribution in [0.1, 0.15) is 20.8 Å². The van der Waals surface area contributed by atoms with E-state index in [4.69, 9.17) is 21.6 Å². The molecule has 3 nitrogen and oxygen atoms in total. The molecule has 2 unspecified atom stereocenters. The fourth-order valence-corrected chi connectivity index (χ4v) is 2.19. The van der Waals surface area contributed by atoms with E-state index in [2.05, 4.69) is 18.7 Å². The van der Waals surface area contributed by atoms with Crippen LogP contribution in [0.3, 0.4) is 0 Å². The second kappa shape index (κ2) is 4.48. The summed E-state index contributed by atoms with van der Waals surface area (Å²) in [6.45, 7) is 8.48. The van der Waals surface area contributed by atoms with E-state index in [9.17, 15) is 0 Å². The number of nitriles is 1. The van der Waals surface area contributed by atoms with E-state index in [1.807, 2.05) is 13.0 Å². The molecule has 0 saturated carbocycles. The summed E-state index contributed by atoms with van der Waals surface area (Å²) in [5.41, 5.74) is -0.135. The molecular weight excluding hydrogens is 200 g/mol. The number of ether oxygens (including phenoxy) is 1. The second-order valence-electron chi connectivity index (χ2n) is 4.48. The molecule has 4 heteroatoms. The van der Waals surface area contributed by atoms with Crippen LogP contribution >= 0.6 is 11.6 Å². The first-order chi connectivity index (χ1) is 6.43. The SMILES string of the molecule is CC1CN(CC(Cl)C#N)CC(C)(C)O1. The van der Waals surface area contributed by atoms with Gasteiger partial charge in [-0.15, -0.1) is 11.6 Å². The third-order valence-corrected chi connectivity index (χ3v) is 2.43. The van der Waals surface area contributed by atoms with Gasteiger partial charge in [0.1, 0.15) is 5.38 Å². The first kappa shape index (κ1) is 11.8. The summed E-state index contributed by atoms with van der Waals surface area (Å²) in [7, 11) is 0. The molecule has 0 radical (unpaired) electrons. The molecule has 0 aromatic heterocycles. The zero-order valence-electron chi connectivity index (χ0n) is 8.96. The molecule has 2 atom stereocenters. The maximum absolute atomic E-state index is 8.62. The normalized spacial score (nSPS) is 29.5. The molecule has 1 heterocycles. The van der Waals surface area contributed by atoms with Crippen molar-refractivity contribution in [2.45, 2.75) is 37.9 Å². The summed E-state index contributed by atoms with van der Waals surface area (Å²) in [6, 6.07) is 2.04. The highest BCUT2D eigenvalue weighted by molar-refractivity contribution is 6.22. The van der Waals surface area contributed by atoms with Crippen LogP contribution in [0.4, 0.5) is 0 Å². The Kier molecular flexibility index (Phi) is 3.77. The van der Waals surface area contributed by atoms with Gasteiger partial charge < -0.3 is 4.74 Å². The fourth-order valence-electron chi connectivity index (χ4n) is 1.99. The quantitative estimate of drug-likeness (QED) is 0.659. The number of halogens is 1. The summed E-state index contributed by atoms with van der Waals surface area (Å²) < 4.78 is 5.75. The highest BCUT2D eigenvalue weighted by Gasteiger charge is 2.31. The van der Waals surface area contributed by atoms with Gasteiger partial charge in [0, 0.05) is 19.6 Å². The molecule has 0 spiro atoms. The average molecular weight is 217 g/mol. The predicted octanol–water partition coefficient (Wildman–Crippen LogP) is 1.62. The third-order valence-electron chi connectivity index (χ3n) is 2.20. The van der Waals surface area contributed by atoms with Crippen molar-refractivity contribution in [3.05, 3.63) is 0 Å². The van der Waals surface area contributed by atoms with Gasteiger partial charge in [0.2, 0.25) is 0 Å². The summed E-state index contributed by atoms with van der Waals surface area (Å²) in [6.07, 6.45) is 0.210. The zero-order chi connectivity index (χ0) is 10.8. The van der Waals surface area contributed by atoms with Gasteiger partial charge in [-0.2, -0.15) is 5.26 Å². The zero-order valence-corrected chi connectivity index (χ0v) is 9.71. The minimum absolute atomic E-state index is 0.135. The summed E-state index contributed by atoms with van der Waals surface area (Å²) in [5, 5.41) is 8.20. The Labute approximate surface area is 90.6 Å². The second-order valence-corrected chi connectivity index (χ2v) is 5.01. The summed E-state index contributed by atoms with van der Waals surface area (Å²) in [4.78, 5) is 2.19. The molecule has 1 rings (SSSR count). The van der Waals surface area contributed by atoms with E-state index in [0.717, 1.165) is 13.1 Å². The molecule has 1 fully saturated rings. The monoisotopic (exact) mass is 216 g/mol. The van der Waals surface area contributed by atoms with Gasteiger partial charge in [0.15, 0.2) is 0 Å². The van der Waals surface area contributed by atoms with E-state index >= 15 is 0 Å². The van der Waals surface area contributed by atoms with Gasteiger partial charge in [-0.3, -0.25) is 4.90 Å². The van der Waals surface area contributed by atoms with Crippen LogP contribution in [0.15, 0.2) is 0 Å². The number of hydrogen-bond donors (Lipinski definition) is 0. The van der Waals surface area contributed by atoms with Crippen LogP contribution in [-0.4, -0.2) is 41.6 Å². The predicted molar refractivity (Wildman–Crippen MR) is 56.3 cm³/mol. The van der Waals surface area contributed by atoms with Gasteiger partial charge in [-0.25, -0.2) is 0 Å². The van der Waals surface area contributed by atoms with Crippen LogP contribution in [-0.2, 0) is 4.74 Å².